The molecule has 1 saturated carbocycles. The highest BCUT2D eigenvalue weighted by molar-refractivity contribution is 7.89. The van der Waals surface area contributed by atoms with Gasteiger partial charge in [-0.05, 0) is 56.3 Å². The van der Waals surface area contributed by atoms with Crippen LogP contribution in [0.1, 0.15) is 51.6 Å². The number of benzene rings is 1. The van der Waals surface area contributed by atoms with Crippen molar-refractivity contribution < 1.29 is 8.42 Å². The van der Waals surface area contributed by atoms with Crippen LogP contribution in [0, 0.1) is 5.92 Å². The van der Waals surface area contributed by atoms with Gasteiger partial charge in [-0.15, -0.1) is 0 Å². The van der Waals surface area contributed by atoms with Crippen LogP contribution >= 0.6 is 0 Å². The maximum absolute atomic E-state index is 12.3. The molecular formula is C16H26N2O2S. The lowest BCUT2D eigenvalue weighted by Crippen LogP contribution is -2.43. The first kappa shape index (κ1) is 16.5. The van der Waals surface area contributed by atoms with Crippen molar-refractivity contribution in [3.05, 3.63) is 29.8 Å². The fourth-order valence-electron chi connectivity index (χ4n) is 2.70. The molecule has 0 spiro atoms. The minimum atomic E-state index is -3.37. The fraction of sp³-hybridized carbons (Fsp3) is 0.625. The summed E-state index contributed by atoms with van der Waals surface area (Å²) in [6, 6.07) is 7.53. The molecule has 1 aromatic carbocycles. The van der Waals surface area contributed by atoms with E-state index in [1.165, 1.54) is 0 Å². The Bertz CT molecular complexity index is 548. The molecule has 1 atom stereocenters. The summed E-state index contributed by atoms with van der Waals surface area (Å²) in [6.45, 7) is 7.32. The zero-order chi connectivity index (χ0) is 15.5. The van der Waals surface area contributed by atoms with E-state index in [2.05, 4.69) is 30.8 Å². The van der Waals surface area contributed by atoms with Crippen molar-refractivity contribution in [2.75, 3.05) is 6.54 Å². The van der Waals surface area contributed by atoms with Crippen LogP contribution in [0.5, 0.6) is 0 Å². The van der Waals surface area contributed by atoms with E-state index in [4.69, 9.17) is 0 Å². The summed E-state index contributed by atoms with van der Waals surface area (Å²) in [5, 5.41) is 3.40. The Hall–Kier alpha value is -0.910. The normalized spacial score (nSPS) is 23.6. The molecule has 1 aromatic rings. The van der Waals surface area contributed by atoms with Gasteiger partial charge in [0.25, 0.3) is 0 Å². The summed E-state index contributed by atoms with van der Waals surface area (Å²) in [5.74, 6) is 0.630. The molecule has 2 N–H and O–H groups in total. The van der Waals surface area contributed by atoms with E-state index in [-0.39, 0.29) is 12.1 Å². The van der Waals surface area contributed by atoms with Gasteiger partial charge in [0.05, 0.1) is 4.90 Å². The van der Waals surface area contributed by atoms with E-state index in [1.807, 2.05) is 12.1 Å². The van der Waals surface area contributed by atoms with Gasteiger partial charge in [0.1, 0.15) is 0 Å². The zero-order valence-corrected chi connectivity index (χ0v) is 13.9. The molecule has 0 aromatic heterocycles. The summed E-state index contributed by atoms with van der Waals surface area (Å²) in [7, 11) is -3.37. The molecule has 0 bridgehead atoms. The minimum Gasteiger partial charge on any atom is -0.310 e. The van der Waals surface area contributed by atoms with Crippen molar-refractivity contribution in [3.8, 4) is 0 Å². The molecule has 5 heteroatoms. The van der Waals surface area contributed by atoms with Crippen LogP contribution in [0.3, 0.4) is 0 Å². The molecule has 2 rings (SSSR count). The largest absolute Gasteiger partial charge is 0.310 e. The monoisotopic (exact) mass is 310 g/mol. The van der Waals surface area contributed by atoms with Crippen LogP contribution in [0.15, 0.2) is 29.2 Å². The molecule has 1 unspecified atom stereocenters. The molecule has 1 fully saturated rings. The van der Waals surface area contributed by atoms with Crippen molar-refractivity contribution in [3.63, 3.8) is 0 Å². The standard InChI is InChI=1S/C16H26N2O2S/c1-4-9-17-13(3)14-5-7-16(8-6-14)21(19,20)18-15-10-12(2)11-15/h5-8,12-13,15,17-18H,4,9-11H2,1-3H3. The summed E-state index contributed by atoms with van der Waals surface area (Å²) < 4.78 is 27.3. The van der Waals surface area contributed by atoms with E-state index in [1.54, 1.807) is 12.1 Å². The zero-order valence-electron chi connectivity index (χ0n) is 13.1. The molecule has 4 nitrogen and oxygen atoms in total. The Labute approximate surface area is 128 Å². The Balaban J connectivity index is 2.00. The van der Waals surface area contributed by atoms with E-state index in [0.29, 0.717) is 10.8 Å². The molecule has 0 heterocycles. The van der Waals surface area contributed by atoms with Gasteiger partial charge in [-0.3, -0.25) is 0 Å². The van der Waals surface area contributed by atoms with Crippen LogP contribution in [-0.4, -0.2) is 21.0 Å². The van der Waals surface area contributed by atoms with Gasteiger partial charge in [-0.25, -0.2) is 13.1 Å². The average Bonchev–Trinajstić information content (AvgIpc) is 2.43. The number of sulfonamides is 1. The fourth-order valence-corrected chi connectivity index (χ4v) is 3.96. The summed E-state index contributed by atoms with van der Waals surface area (Å²) in [5.41, 5.74) is 1.11. The summed E-state index contributed by atoms with van der Waals surface area (Å²) in [4.78, 5) is 0.355. The van der Waals surface area contributed by atoms with Crippen molar-refractivity contribution in [2.24, 2.45) is 5.92 Å². The van der Waals surface area contributed by atoms with Gasteiger partial charge in [0, 0.05) is 12.1 Å². The lowest BCUT2D eigenvalue weighted by Gasteiger charge is -2.32. The van der Waals surface area contributed by atoms with Crippen molar-refractivity contribution in [1.82, 2.24) is 10.0 Å². The van der Waals surface area contributed by atoms with Gasteiger partial charge in [-0.1, -0.05) is 26.0 Å². The highest BCUT2D eigenvalue weighted by Crippen LogP contribution is 2.28. The molecule has 0 amide bonds. The quantitative estimate of drug-likeness (QED) is 0.814. The molecule has 21 heavy (non-hydrogen) atoms. The van der Waals surface area contributed by atoms with Gasteiger partial charge in [0.2, 0.25) is 10.0 Å². The van der Waals surface area contributed by atoms with Crippen molar-refractivity contribution >= 4 is 10.0 Å². The minimum absolute atomic E-state index is 0.106. The number of nitrogens with one attached hydrogen (secondary N) is 2. The van der Waals surface area contributed by atoms with E-state index < -0.39 is 10.0 Å². The Morgan fingerprint density at radius 2 is 1.86 bits per heavy atom. The molecule has 1 aliphatic carbocycles. The second-order valence-corrected chi connectivity index (χ2v) is 7.85. The highest BCUT2D eigenvalue weighted by Gasteiger charge is 2.29. The number of hydrogen-bond acceptors (Lipinski definition) is 3. The van der Waals surface area contributed by atoms with Crippen LogP contribution in [0.25, 0.3) is 0 Å². The van der Waals surface area contributed by atoms with Crippen LogP contribution in [0.2, 0.25) is 0 Å². The second-order valence-electron chi connectivity index (χ2n) is 6.14. The Morgan fingerprint density at radius 3 is 2.38 bits per heavy atom. The van der Waals surface area contributed by atoms with E-state index in [9.17, 15) is 8.42 Å². The van der Waals surface area contributed by atoms with Gasteiger partial charge < -0.3 is 5.32 Å². The van der Waals surface area contributed by atoms with Crippen molar-refractivity contribution in [2.45, 2.75) is 57.0 Å². The number of hydrogen-bond donors (Lipinski definition) is 2. The third kappa shape index (κ3) is 4.28. The van der Waals surface area contributed by atoms with Gasteiger partial charge >= 0.3 is 0 Å². The lowest BCUT2D eigenvalue weighted by atomic mass is 9.83. The predicted molar refractivity (Wildman–Crippen MR) is 85.7 cm³/mol. The first-order valence-electron chi connectivity index (χ1n) is 7.78. The SMILES string of the molecule is CCCNC(C)c1ccc(S(=O)(=O)NC2CC(C)C2)cc1. The molecule has 0 radical (unpaired) electrons. The second kappa shape index (κ2) is 6.90. The lowest BCUT2D eigenvalue weighted by molar-refractivity contribution is 0.270. The molecule has 118 valence electrons. The maximum atomic E-state index is 12.3. The van der Waals surface area contributed by atoms with Crippen LogP contribution < -0.4 is 10.0 Å². The van der Waals surface area contributed by atoms with Gasteiger partial charge in [0.15, 0.2) is 0 Å². The molecular weight excluding hydrogens is 284 g/mol. The highest BCUT2D eigenvalue weighted by atomic mass is 32.2. The third-order valence-corrected chi connectivity index (χ3v) is 5.62. The number of rotatable bonds is 7. The average molecular weight is 310 g/mol. The predicted octanol–water partition coefficient (Wildman–Crippen LogP) is 2.82. The van der Waals surface area contributed by atoms with Crippen LogP contribution in [-0.2, 0) is 10.0 Å². The third-order valence-electron chi connectivity index (χ3n) is 4.09. The van der Waals surface area contributed by atoms with Crippen molar-refractivity contribution in [1.29, 1.82) is 0 Å². The maximum Gasteiger partial charge on any atom is 0.240 e. The first-order valence-corrected chi connectivity index (χ1v) is 9.26. The molecule has 0 saturated heterocycles. The Kier molecular flexibility index (Phi) is 5.41. The van der Waals surface area contributed by atoms with E-state index in [0.717, 1.165) is 31.4 Å². The summed E-state index contributed by atoms with van der Waals surface area (Å²) >= 11 is 0. The Morgan fingerprint density at radius 1 is 1.24 bits per heavy atom. The van der Waals surface area contributed by atoms with Gasteiger partial charge in [-0.2, -0.15) is 0 Å². The van der Waals surface area contributed by atoms with Crippen LogP contribution in [0.4, 0.5) is 0 Å². The first-order chi connectivity index (χ1) is 9.92. The topological polar surface area (TPSA) is 58.2 Å². The smallest absolute Gasteiger partial charge is 0.240 e. The summed E-state index contributed by atoms with van der Waals surface area (Å²) in [6.07, 6.45) is 2.96. The molecule has 0 aliphatic heterocycles. The molecule has 1 aliphatic rings. The van der Waals surface area contributed by atoms with E-state index >= 15 is 0 Å².